The van der Waals surface area contributed by atoms with Crippen molar-refractivity contribution in [2.45, 2.75) is 31.4 Å². The van der Waals surface area contributed by atoms with E-state index >= 15 is 0 Å². The monoisotopic (exact) mass is 338 g/mol. The van der Waals surface area contributed by atoms with Crippen molar-refractivity contribution in [3.8, 4) is 5.75 Å². The van der Waals surface area contributed by atoms with Gasteiger partial charge in [0.25, 0.3) is 0 Å². The van der Waals surface area contributed by atoms with E-state index in [1.54, 1.807) is 0 Å². The van der Waals surface area contributed by atoms with Crippen molar-refractivity contribution in [2.24, 2.45) is 11.8 Å². The Morgan fingerprint density at radius 3 is 2.43 bits per heavy atom. The Bertz CT molecular complexity index is 600. The molecule has 0 bridgehead atoms. The Morgan fingerprint density at radius 2 is 1.91 bits per heavy atom. The summed E-state index contributed by atoms with van der Waals surface area (Å²) in [4.78, 5) is 11.4. The molecule has 0 amide bonds. The molecule has 23 heavy (non-hydrogen) atoms. The molecule has 0 aliphatic heterocycles. The van der Waals surface area contributed by atoms with Gasteiger partial charge in [0.05, 0.1) is 18.9 Å². The quantitative estimate of drug-likeness (QED) is 0.844. The average Bonchev–Trinajstić information content (AvgIpc) is 2.48. The van der Waals surface area contributed by atoms with E-state index in [1.165, 1.54) is 6.07 Å². The van der Waals surface area contributed by atoms with Gasteiger partial charge in [-0.05, 0) is 25.3 Å². The lowest BCUT2D eigenvalue weighted by Crippen LogP contribution is -2.36. The van der Waals surface area contributed by atoms with Gasteiger partial charge in [-0.2, -0.15) is 17.6 Å². The Morgan fingerprint density at radius 1 is 1.26 bits per heavy atom. The van der Waals surface area contributed by atoms with Gasteiger partial charge >= 0.3 is 12.1 Å². The molecule has 3 atom stereocenters. The third kappa shape index (κ3) is 3.40. The number of hydrogen-bond acceptors (Lipinski definition) is 2. The fraction of sp³-hybridized carbons (Fsp3) is 0.533. The summed E-state index contributed by atoms with van der Waals surface area (Å²) in [7, 11) is 1.10. The molecule has 1 aromatic rings. The van der Waals surface area contributed by atoms with Crippen molar-refractivity contribution < 1.29 is 36.6 Å². The molecule has 1 aromatic carbocycles. The van der Waals surface area contributed by atoms with Crippen LogP contribution in [0.2, 0.25) is 0 Å². The van der Waals surface area contributed by atoms with E-state index in [4.69, 9.17) is 4.74 Å². The summed E-state index contributed by atoms with van der Waals surface area (Å²) in [6, 6.07) is 1.99. The standard InChI is InChI=1S/C15H15F5O3/c1-23-13-9(4-5-11(16)12(13)17)8-3-2-7(15(18,19)20)6-10(8)14(21)22/h4-5,7-8,10H,2-3,6H2,1H3,(H,21,22). The lowest BCUT2D eigenvalue weighted by Gasteiger charge is -2.35. The highest BCUT2D eigenvalue weighted by atomic mass is 19.4. The molecule has 0 aromatic heterocycles. The van der Waals surface area contributed by atoms with Gasteiger partial charge in [0.1, 0.15) is 0 Å². The van der Waals surface area contributed by atoms with Gasteiger partial charge in [0.2, 0.25) is 5.82 Å². The van der Waals surface area contributed by atoms with E-state index in [9.17, 15) is 31.9 Å². The number of halogens is 5. The zero-order valence-electron chi connectivity index (χ0n) is 12.2. The smallest absolute Gasteiger partial charge is 0.391 e. The molecular formula is C15H15F5O3. The number of benzene rings is 1. The summed E-state index contributed by atoms with van der Waals surface area (Å²) < 4.78 is 70.4. The predicted molar refractivity (Wildman–Crippen MR) is 70.2 cm³/mol. The fourth-order valence-electron chi connectivity index (χ4n) is 3.16. The highest BCUT2D eigenvalue weighted by Gasteiger charge is 2.47. The topological polar surface area (TPSA) is 46.5 Å². The van der Waals surface area contributed by atoms with Gasteiger partial charge in [0.15, 0.2) is 11.6 Å². The van der Waals surface area contributed by atoms with Crippen LogP contribution >= 0.6 is 0 Å². The number of alkyl halides is 3. The SMILES string of the molecule is COc1c(C2CCC(C(F)(F)F)CC2C(=O)O)ccc(F)c1F. The normalized spacial score (nSPS) is 25.2. The third-order valence-electron chi connectivity index (χ3n) is 4.31. The number of methoxy groups -OCH3 is 1. The van der Waals surface area contributed by atoms with Gasteiger partial charge in [-0.1, -0.05) is 6.07 Å². The lowest BCUT2D eigenvalue weighted by atomic mass is 9.70. The summed E-state index contributed by atoms with van der Waals surface area (Å²) >= 11 is 0. The van der Waals surface area contributed by atoms with E-state index in [1.807, 2.05) is 0 Å². The van der Waals surface area contributed by atoms with Crippen molar-refractivity contribution in [3.63, 3.8) is 0 Å². The summed E-state index contributed by atoms with van der Waals surface area (Å²) in [5.41, 5.74) is 0.0828. The minimum Gasteiger partial charge on any atom is -0.493 e. The second-order valence-electron chi connectivity index (χ2n) is 5.59. The number of aliphatic carboxylic acids is 1. The summed E-state index contributed by atoms with van der Waals surface area (Å²) in [6.45, 7) is 0. The Kier molecular flexibility index (Phi) is 4.81. The molecule has 0 heterocycles. The fourth-order valence-corrected chi connectivity index (χ4v) is 3.16. The van der Waals surface area contributed by atoms with Crippen LogP contribution in [0.5, 0.6) is 5.75 Å². The third-order valence-corrected chi connectivity index (χ3v) is 4.31. The second kappa shape index (κ2) is 6.33. The molecule has 1 aliphatic rings. The number of hydrogen-bond donors (Lipinski definition) is 1. The Hall–Kier alpha value is -1.86. The van der Waals surface area contributed by atoms with E-state index in [-0.39, 0.29) is 18.4 Å². The molecule has 1 saturated carbocycles. The van der Waals surface area contributed by atoms with Crippen molar-refractivity contribution in [3.05, 3.63) is 29.3 Å². The summed E-state index contributed by atoms with van der Waals surface area (Å²) in [5.74, 6) is -8.20. The zero-order valence-corrected chi connectivity index (χ0v) is 12.2. The lowest BCUT2D eigenvalue weighted by molar-refractivity contribution is -0.189. The van der Waals surface area contributed by atoms with Crippen molar-refractivity contribution in [2.75, 3.05) is 7.11 Å². The average molecular weight is 338 g/mol. The van der Waals surface area contributed by atoms with Gasteiger partial charge in [-0.3, -0.25) is 4.79 Å². The minimum atomic E-state index is -4.48. The van der Waals surface area contributed by atoms with Crippen molar-refractivity contribution >= 4 is 5.97 Å². The first-order valence-electron chi connectivity index (χ1n) is 6.98. The van der Waals surface area contributed by atoms with Crippen LogP contribution in [0.25, 0.3) is 0 Å². The largest absolute Gasteiger partial charge is 0.493 e. The number of carboxylic acids is 1. The highest BCUT2D eigenvalue weighted by Crippen LogP contribution is 2.48. The van der Waals surface area contributed by atoms with Crippen LogP contribution in [0.1, 0.15) is 30.7 Å². The predicted octanol–water partition coefficient (Wildman–Crippen LogP) is 4.12. The van der Waals surface area contributed by atoms with Crippen LogP contribution < -0.4 is 4.74 Å². The van der Waals surface area contributed by atoms with Crippen LogP contribution in [-0.4, -0.2) is 24.4 Å². The van der Waals surface area contributed by atoms with Gasteiger partial charge in [-0.15, -0.1) is 0 Å². The van der Waals surface area contributed by atoms with Crippen molar-refractivity contribution in [1.29, 1.82) is 0 Å². The molecule has 0 radical (unpaired) electrons. The number of carboxylic acid groups (broad SMARTS) is 1. The second-order valence-corrected chi connectivity index (χ2v) is 5.59. The van der Waals surface area contributed by atoms with Crippen LogP contribution in [0, 0.1) is 23.5 Å². The van der Waals surface area contributed by atoms with E-state index < -0.39 is 53.7 Å². The molecule has 1 N–H and O–H groups in total. The molecule has 0 saturated heterocycles. The van der Waals surface area contributed by atoms with Crippen LogP contribution in [0.15, 0.2) is 12.1 Å². The maximum absolute atomic E-state index is 13.8. The minimum absolute atomic E-state index is 0.0828. The maximum atomic E-state index is 13.8. The first kappa shape index (κ1) is 17.5. The van der Waals surface area contributed by atoms with Crippen LogP contribution in [0.3, 0.4) is 0 Å². The van der Waals surface area contributed by atoms with Crippen LogP contribution in [0.4, 0.5) is 22.0 Å². The zero-order chi connectivity index (χ0) is 17.4. The van der Waals surface area contributed by atoms with Gasteiger partial charge < -0.3 is 9.84 Å². The van der Waals surface area contributed by atoms with E-state index in [2.05, 4.69) is 0 Å². The molecule has 128 valence electrons. The van der Waals surface area contributed by atoms with Crippen LogP contribution in [-0.2, 0) is 4.79 Å². The van der Waals surface area contributed by atoms with E-state index in [0.717, 1.165) is 13.2 Å². The summed E-state index contributed by atoms with van der Waals surface area (Å²) in [5, 5.41) is 9.26. The van der Waals surface area contributed by atoms with E-state index in [0.29, 0.717) is 0 Å². The molecule has 1 aliphatic carbocycles. The number of carbonyl (C=O) groups is 1. The number of rotatable bonds is 3. The molecule has 8 heteroatoms. The molecule has 0 spiro atoms. The first-order valence-corrected chi connectivity index (χ1v) is 6.98. The van der Waals surface area contributed by atoms with Gasteiger partial charge in [-0.25, -0.2) is 4.39 Å². The summed E-state index contributed by atoms with van der Waals surface area (Å²) in [6.07, 6.45) is -5.43. The highest BCUT2D eigenvalue weighted by molar-refractivity contribution is 5.72. The van der Waals surface area contributed by atoms with Gasteiger partial charge in [0, 0.05) is 11.5 Å². The molecule has 3 unspecified atom stereocenters. The Balaban J connectivity index is 2.40. The maximum Gasteiger partial charge on any atom is 0.391 e. The Labute approximate surface area is 129 Å². The molecular weight excluding hydrogens is 323 g/mol. The molecule has 2 rings (SSSR count). The first-order chi connectivity index (χ1) is 10.7. The molecule has 3 nitrogen and oxygen atoms in total. The number of ether oxygens (including phenoxy) is 1. The molecule has 1 fully saturated rings. The van der Waals surface area contributed by atoms with Crippen molar-refractivity contribution in [1.82, 2.24) is 0 Å².